The molecule has 4 aromatic rings. The SMILES string of the molecule is O=C(N1CC[NH+](C(c2ccccc2)c2ccccc2)CC1)N(c1ccccc1)c1ccccc1. The summed E-state index contributed by atoms with van der Waals surface area (Å²) in [7, 11) is 0. The van der Waals surface area contributed by atoms with Crippen LogP contribution in [0.15, 0.2) is 121 Å². The van der Waals surface area contributed by atoms with Crippen LogP contribution in [-0.4, -0.2) is 37.1 Å². The molecule has 5 rings (SSSR count). The number of hydrogen-bond donors (Lipinski definition) is 1. The van der Waals surface area contributed by atoms with Crippen LogP contribution in [0.2, 0.25) is 0 Å². The van der Waals surface area contributed by atoms with Crippen molar-refractivity contribution in [2.45, 2.75) is 6.04 Å². The highest BCUT2D eigenvalue weighted by atomic mass is 16.2. The van der Waals surface area contributed by atoms with Gasteiger partial charge in [0.2, 0.25) is 0 Å². The monoisotopic (exact) mass is 448 g/mol. The third kappa shape index (κ3) is 4.73. The lowest BCUT2D eigenvalue weighted by Crippen LogP contribution is -3.15. The van der Waals surface area contributed by atoms with Crippen LogP contribution < -0.4 is 9.80 Å². The first kappa shape index (κ1) is 21.9. The van der Waals surface area contributed by atoms with E-state index >= 15 is 0 Å². The largest absolute Gasteiger partial charge is 0.329 e. The number of carbonyl (C=O) groups is 1. The van der Waals surface area contributed by atoms with Crippen LogP contribution in [0, 0.1) is 0 Å². The third-order valence-electron chi connectivity index (χ3n) is 6.57. The number of quaternary nitrogens is 1. The summed E-state index contributed by atoms with van der Waals surface area (Å²) in [6.07, 6.45) is 0. The molecule has 4 nitrogen and oxygen atoms in total. The number of amides is 2. The summed E-state index contributed by atoms with van der Waals surface area (Å²) in [6.45, 7) is 3.25. The second-order valence-electron chi connectivity index (χ2n) is 8.69. The van der Waals surface area contributed by atoms with Gasteiger partial charge in [0.1, 0.15) is 6.04 Å². The Morgan fingerprint density at radius 2 is 1.00 bits per heavy atom. The molecule has 0 aliphatic carbocycles. The summed E-state index contributed by atoms with van der Waals surface area (Å²) in [5.74, 6) is 0. The van der Waals surface area contributed by atoms with Gasteiger partial charge in [0.25, 0.3) is 0 Å². The highest BCUT2D eigenvalue weighted by molar-refractivity contribution is 5.99. The number of benzene rings is 4. The van der Waals surface area contributed by atoms with E-state index in [4.69, 9.17) is 0 Å². The fourth-order valence-corrected chi connectivity index (χ4v) is 4.89. The number of anilines is 2. The molecule has 1 heterocycles. The number of para-hydroxylation sites is 2. The van der Waals surface area contributed by atoms with Gasteiger partial charge in [-0.3, -0.25) is 4.90 Å². The second kappa shape index (κ2) is 10.4. The first-order valence-electron chi connectivity index (χ1n) is 11.9. The highest BCUT2D eigenvalue weighted by Crippen LogP contribution is 2.27. The van der Waals surface area contributed by atoms with E-state index in [9.17, 15) is 4.79 Å². The minimum atomic E-state index is 0.0347. The van der Waals surface area contributed by atoms with Crippen LogP contribution in [0.3, 0.4) is 0 Å². The number of piperazine rings is 1. The Bertz CT molecular complexity index is 1100. The third-order valence-corrected chi connectivity index (χ3v) is 6.57. The van der Waals surface area contributed by atoms with Crippen molar-refractivity contribution < 1.29 is 9.69 Å². The molecule has 34 heavy (non-hydrogen) atoms. The Kier molecular flexibility index (Phi) is 6.68. The van der Waals surface area contributed by atoms with Gasteiger partial charge >= 0.3 is 6.03 Å². The summed E-state index contributed by atoms with van der Waals surface area (Å²) in [6, 6.07) is 41.6. The van der Waals surface area contributed by atoms with E-state index in [1.165, 1.54) is 16.0 Å². The predicted molar refractivity (Wildman–Crippen MR) is 137 cm³/mol. The van der Waals surface area contributed by atoms with E-state index in [0.717, 1.165) is 37.6 Å². The molecule has 1 N–H and O–H groups in total. The average molecular weight is 449 g/mol. The Labute approximate surface area is 201 Å². The van der Waals surface area contributed by atoms with Crippen LogP contribution in [0.5, 0.6) is 0 Å². The lowest BCUT2D eigenvalue weighted by Gasteiger charge is -2.39. The maximum absolute atomic E-state index is 13.8. The van der Waals surface area contributed by atoms with E-state index < -0.39 is 0 Å². The van der Waals surface area contributed by atoms with Gasteiger partial charge in [0.15, 0.2) is 0 Å². The molecule has 1 fully saturated rings. The quantitative estimate of drug-likeness (QED) is 0.460. The van der Waals surface area contributed by atoms with Crippen molar-refractivity contribution in [1.82, 2.24) is 4.90 Å². The molecule has 1 saturated heterocycles. The van der Waals surface area contributed by atoms with Gasteiger partial charge in [-0.25, -0.2) is 4.79 Å². The number of hydrogen-bond acceptors (Lipinski definition) is 1. The van der Waals surface area contributed by atoms with Gasteiger partial charge in [-0.1, -0.05) is 97.1 Å². The van der Waals surface area contributed by atoms with Crippen molar-refractivity contribution in [2.75, 3.05) is 31.1 Å². The Balaban J connectivity index is 1.37. The maximum Gasteiger partial charge on any atom is 0.329 e. The fraction of sp³-hybridized carbons (Fsp3) is 0.167. The topological polar surface area (TPSA) is 28.0 Å². The number of nitrogens with zero attached hydrogens (tertiary/aromatic N) is 2. The number of carbonyl (C=O) groups excluding carboxylic acids is 1. The molecule has 0 radical (unpaired) electrons. The fourth-order valence-electron chi connectivity index (χ4n) is 4.89. The van der Waals surface area contributed by atoms with E-state index in [1.54, 1.807) is 0 Å². The van der Waals surface area contributed by atoms with Crippen LogP contribution in [0.1, 0.15) is 17.2 Å². The normalized spacial score (nSPS) is 14.2. The minimum Gasteiger partial charge on any atom is -0.322 e. The van der Waals surface area contributed by atoms with Crippen LogP contribution >= 0.6 is 0 Å². The van der Waals surface area contributed by atoms with E-state index in [2.05, 4.69) is 60.7 Å². The average Bonchev–Trinajstić information content (AvgIpc) is 2.92. The summed E-state index contributed by atoms with van der Waals surface area (Å²) in [5.41, 5.74) is 4.41. The first-order valence-corrected chi connectivity index (χ1v) is 11.9. The molecule has 1 aliphatic rings. The van der Waals surface area contributed by atoms with Gasteiger partial charge in [-0.05, 0) is 24.3 Å². The molecule has 4 heteroatoms. The molecule has 0 aromatic heterocycles. The second-order valence-corrected chi connectivity index (χ2v) is 8.69. The van der Waals surface area contributed by atoms with Gasteiger partial charge < -0.3 is 9.80 Å². The van der Waals surface area contributed by atoms with Gasteiger partial charge in [0, 0.05) is 11.1 Å². The van der Waals surface area contributed by atoms with Crippen LogP contribution in [-0.2, 0) is 0 Å². The smallest absolute Gasteiger partial charge is 0.322 e. The standard InChI is InChI=1S/C30H29N3O/c34-30(33(27-17-9-3-10-18-27)28-19-11-4-12-20-28)32-23-21-31(22-24-32)29(25-13-5-1-6-14-25)26-15-7-2-8-16-26/h1-20,29H,21-24H2/p+1. The molecule has 0 atom stereocenters. The zero-order valence-corrected chi connectivity index (χ0v) is 19.3. The van der Waals surface area contributed by atoms with Gasteiger partial charge in [0.05, 0.1) is 37.6 Å². The molecule has 0 unspecified atom stereocenters. The predicted octanol–water partition coefficient (Wildman–Crippen LogP) is 4.93. The van der Waals surface area contributed by atoms with Gasteiger partial charge in [-0.15, -0.1) is 0 Å². The van der Waals surface area contributed by atoms with Crippen LogP contribution in [0.25, 0.3) is 0 Å². The van der Waals surface area contributed by atoms with Crippen molar-refractivity contribution in [3.05, 3.63) is 132 Å². The molecule has 0 spiro atoms. The Hall–Kier alpha value is -3.89. The molecular formula is C30H30N3O+. The van der Waals surface area contributed by atoms with E-state index in [-0.39, 0.29) is 12.1 Å². The number of urea groups is 1. The summed E-state index contributed by atoms with van der Waals surface area (Å²) in [4.78, 5) is 19.1. The highest BCUT2D eigenvalue weighted by Gasteiger charge is 2.33. The lowest BCUT2D eigenvalue weighted by atomic mass is 9.96. The van der Waals surface area contributed by atoms with E-state index in [0.29, 0.717) is 0 Å². The summed E-state index contributed by atoms with van der Waals surface area (Å²) < 4.78 is 0. The zero-order valence-electron chi connectivity index (χ0n) is 19.3. The molecule has 0 bridgehead atoms. The van der Waals surface area contributed by atoms with Crippen molar-refractivity contribution in [1.29, 1.82) is 0 Å². The van der Waals surface area contributed by atoms with Crippen molar-refractivity contribution >= 4 is 17.4 Å². The Morgan fingerprint density at radius 1 is 0.618 bits per heavy atom. The summed E-state index contributed by atoms with van der Waals surface area (Å²) >= 11 is 0. The van der Waals surface area contributed by atoms with E-state index in [1.807, 2.05) is 70.5 Å². The van der Waals surface area contributed by atoms with Gasteiger partial charge in [-0.2, -0.15) is 0 Å². The lowest BCUT2D eigenvalue weighted by molar-refractivity contribution is -0.929. The maximum atomic E-state index is 13.8. The molecule has 2 amide bonds. The molecular weight excluding hydrogens is 418 g/mol. The molecule has 170 valence electrons. The molecule has 0 saturated carbocycles. The van der Waals surface area contributed by atoms with Crippen molar-refractivity contribution in [3.63, 3.8) is 0 Å². The van der Waals surface area contributed by atoms with Crippen LogP contribution in [0.4, 0.5) is 16.2 Å². The van der Waals surface area contributed by atoms with Crippen molar-refractivity contribution in [2.24, 2.45) is 0 Å². The number of rotatable bonds is 5. The number of nitrogens with one attached hydrogen (secondary N) is 1. The minimum absolute atomic E-state index is 0.0347. The molecule has 1 aliphatic heterocycles. The zero-order chi connectivity index (χ0) is 23.2. The first-order chi connectivity index (χ1) is 16.8. The Morgan fingerprint density at radius 3 is 1.41 bits per heavy atom. The summed E-state index contributed by atoms with van der Waals surface area (Å²) in [5, 5.41) is 0. The van der Waals surface area contributed by atoms with Crippen molar-refractivity contribution in [3.8, 4) is 0 Å². The molecule has 4 aromatic carbocycles.